The van der Waals surface area contributed by atoms with Crippen molar-refractivity contribution in [2.24, 2.45) is 10.2 Å². The molecule has 1 heterocycles. The second kappa shape index (κ2) is 5.31. The lowest BCUT2D eigenvalue weighted by Gasteiger charge is -2.16. The number of rotatable bonds is 4. The Morgan fingerprint density at radius 1 is 1.43 bits per heavy atom. The van der Waals surface area contributed by atoms with Crippen LogP contribution in [0.1, 0.15) is 13.8 Å². The van der Waals surface area contributed by atoms with E-state index >= 15 is 0 Å². The van der Waals surface area contributed by atoms with Gasteiger partial charge in [0.25, 0.3) is 11.4 Å². The van der Waals surface area contributed by atoms with Gasteiger partial charge in [-0.25, -0.2) is 0 Å². The van der Waals surface area contributed by atoms with Crippen molar-refractivity contribution >= 4 is 17.2 Å². The second-order valence-corrected chi connectivity index (χ2v) is 4.52. The lowest BCUT2D eigenvalue weighted by molar-refractivity contribution is -0.384. The fraction of sp³-hybridized carbons (Fsp3) is 0.308. The number of hydrogen-bond donors (Lipinski definition) is 0. The van der Waals surface area contributed by atoms with E-state index in [0.717, 1.165) is 0 Å². The minimum Gasteiger partial charge on any atom is -0.496 e. The fourth-order valence-electron chi connectivity index (χ4n) is 1.79. The van der Waals surface area contributed by atoms with E-state index in [1.54, 1.807) is 6.92 Å². The predicted molar refractivity (Wildman–Crippen MR) is 72.4 cm³/mol. The minimum atomic E-state index is -1.47. The van der Waals surface area contributed by atoms with Gasteiger partial charge in [0, 0.05) is 13.0 Å². The van der Waals surface area contributed by atoms with E-state index in [9.17, 15) is 14.9 Å². The standard InChI is InChI=1S/C13H13N3O5/c1-8-6-12(17)13(2,21-8)15-14-10-5-4-9(20-3)7-11(10)16(18)19/h4-7H,1-3H3. The first-order valence-electron chi connectivity index (χ1n) is 6.03. The summed E-state index contributed by atoms with van der Waals surface area (Å²) in [6, 6.07) is 4.14. The third kappa shape index (κ3) is 2.88. The Bertz CT molecular complexity index is 668. The molecule has 0 aromatic heterocycles. The van der Waals surface area contributed by atoms with Gasteiger partial charge in [0.1, 0.15) is 11.5 Å². The summed E-state index contributed by atoms with van der Waals surface area (Å²) < 4.78 is 10.2. The van der Waals surface area contributed by atoms with Gasteiger partial charge in [-0.1, -0.05) is 0 Å². The highest BCUT2D eigenvalue weighted by atomic mass is 16.6. The molecular weight excluding hydrogens is 278 g/mol. The van der Waals surface area contributed by atoms with Crippen LogP contribution in [-0.4, -0.2) is 23.5 Å². The Balaban J connectivity index is 2.34. The third-order valence-electron chi connectivity index (χ3n) is 2.88. The molecule has 8 heteroatoms. The smallest absolute Gasteiger partial charge is 0.300 e. The molecule has 110 valence electrons. The Morgan fingerprint density at radius 2 is 2.14 bits per heavy atom. The number of nitro groups is 1. The molecule has 0 saturated heterocycles. The number of benzene rings is 1. The van der Waals surface area contributed by atoms with Crippen molar-refractivity contribution in [3.05, 3.63) is 40.1 Å². The summed E-state index contributed by atoms with van der Waals surface area (Å²) in [6.07, 6.45) is 1.31. The molecule has 1 atom stereocenters. The number of hydrogen-bond acceptors (Lipinski definition) is 7. The van der Waals surface area contributed by atoms with Crippen LogP contribution in [0, 0.1) is 10.1 Å². The molecule has 0 spiro atoms. The van der Waals surface area contributed by atoms with Crippen LogP contribution in [-0.2, 0) is 9.53 Å². The fourth-order valence-corrected chi connectivity index (χ4v) is 1.79. The normalized spacial score (nSPS) is 21.3. The molecule has 0 radical (unpaired) electrons. The maximum absolute atomic E-state index is 11.7. The van der Waals surface area contributed by atoms with Crippen molar-refractivity contribution < 1.29 is 19.2 Å². The van der Waals surface area contributed by atoms with Crippen LogP contribution in [0.3, 0.4) is 0 Å². The van der Waals surface area contributed by atoms with Gasteiger partial charge in [-0.3, -0.25) is 14.9 Å². The number of nitro benzene ring substituents is 1. The van der Waals surface area contributed by atoms with E-state index in [1.165, 1.54) is 38.3 Å². The molecule has 0 bridgehead atoms. The number of ketones is 1. The lowest BCUT2D eigenvalue weighted by Crippen LogP contribution is -2.29. The molecule has 1 aliphatic rings. The molecule has 1 aliphatic heterocycles. The predicted octanol–water partition coefficient (Wildman–Crippen LogP) is 2.91. The van der Waals surface area contributed by atoms with Gasteiger partial charge in [-0.05, 0) is 19.1 Å². The van der Waals surface area contributed by atoms with Crippen LogP contribution in [0.25, 0.3) is 0 Å². The van der Waals surface area contributed by atoms with Gasteiger partial charge in [0.05, 0.1) is 18.1 Å². The van der Waals surface area contributed by atoms with E-state index < -0.39 is 10.6 Å². The lowest BCUT2D eigenvalue weighted by atomic mass is 10.2. The summed E-state index contributed by atoms with van der Waals surface area (Å²) in [6.45, 7) is 3.07. The molecule has 0 fully saturated rings. The van der Waals surface area contributed by atoms with Crippen LogP contribution in [0.5, 0.6) is 5.75 Å². The molecule has 1 unspecified atom stereocenters. The van der Waals surface area contributed by atoms with Crippen molar-refractivity contribution in [2.75, 3.05) is 7.11 Å². The number of methoxy groups -OCH3 is 1. The molecule has 0 saturated carbocycles. The van der Waals surface area contributed by atoms with E-state index in [0.29, 0.717) is 11.5 Å². The van der Waals surface area contributed by atoms with Crippen LogP contribution >= 0.6 is 0 Å². The molecular formula is C13H13N3O5. The SMILES string of the molecule is COc1ccc(N=NC2(C)OC(C)=CC2=O)c([N+](=O)[O-])c1. The monoisotopic (exact) mass is 291 g/mol. The summed E-state index contributed by atoms with van der Waals surface area (Å²) in [5.41, 5.74) is -1.72. The molecule has 2 rings (SSSR count). The number of allylic oxidation sites excluding steroid dienone is 1. The quantitative estimate of drug-likeness (QED) is 0.482. The topological polar surface area (TPSA) is 103 Å². The Hall–Kier alpha value is -2.77. The van der Waals surface area contributed by atoms with Crippen molar-refractivity contribution in [3.63, 3.8) is 0 Å². The van der Waals surface area contributed by atoms with Crippen molar-refractivity contribution in [1.82, 2.24) is 0 Å². The first-order valence-corrected chi connectivity index (χ1v) is 6.03. The number of carbonyl (C=O) groups is 1. The van der Waals surface area contributed by atoms with E-state index in [2.05, 4.69) is 10.2 Å². The molecule has 0 N–H and O–H groups in total. The highest BCUT2D eigenvalue weighted by Crippen LogP contribution is 2.34. The van der Waals surface area contributed by atoms with Crippen LogP contribution in [0.2, 0.25) is 0 Å². The van der Waals surface area contributed by atoms with E-state index in [1.807, 2.05) is 0 Å². The number of ether oxygens (including phenoxy) is 2. The maximum Gasteiger partial charge on any atom is 0.300 e. The van der Waals surface area contributed by atoms with Crippen LogP contribution in [0.4, 0.5) is 11.4 Å². The third-order valence-corrected chi connectivity index (χ3v) is 2.88. The Kier molecular flexibility index (Phi) is 3.70. The molecule has 8 nitrogen and oxygen atoms in total. The number of nitrogens with zero attached hydrogens (tertiary/aromatic N) is 3. The van der Waals surface area contributed by atoms with Crippen molar-refractivity contribution in [2.45, 2.75) is 19.6 Å². The molecule has 1 aromatic carbocycles. The highest BCUT2D eigenvalue weighted by Gasteiger charge is 2.39. The molecule has 21 heavy (non-hydrogen) atoms. The first kappa shape index (κ1) is 14.6. The summed E-state index contributed by atoms with van der Waals surface area (Å²) in [5, 5.41) is 18.6. The molecule has 0 aliphatic carbocycles. The first-order chi connectivity index (χ1) is 9.85. The highest BCUT2D eigenvalue weighted by molar-refractivity contribution is 5.98. The van der Waals surface area contributed by atoms with Gasteiger partial charge in [0.2, 0.25) is 5.78 Å². The summed E-state index contributed by atoms with van der Waals surface area (Å²) in [4.78, 5) is 22.2. The summed E-state index contributed by atoms with van der Waals surface area (Å²) in [5.74, 6) is 0.392. The average Bonchev–Trinajstić information content (AvgIpc) is 2.69. The Morgan fingerprint density at radius 3 is 2.67 bits per heavy atom. The maximum atomic E-state index is 11.7. The zero-order valence-corrected chi connectivity index (χ0v) is 11.7. The summed E-state index contributed by atoms with van der Waals surface area (Å²) >= 11 is 0. The van der Waals surface area contributed by atoms with Crippen LogP contribution in [0.15, 0.2) is 40.3 Å². The van der Waals surface area contributed by atoms with Crippen molar-refractivity contribution in [3.8, 4) is 5.75 Å². The van der Waals surface area contributed by atoms with E-state index in [-0.39, 0.29) is 17.2 Å². The van der Waals surface area contributed by atoms with Gasteiger partial charge in [0.15, 0.2) is 5.69 Å². The van der Waals surface area contributed by atoms with Crippen LogP contribution < -0.4 is 4.74 Å². The number of carbonyl (C=O) groups excluding carboxylic acids is 1. The largest absolute Gasteiger partial charge is 0.496 e. The molecule has 0 amide bonds. The van der Waals surface area contributed by atoms with Gasteiger partial charge >= 0.3 is 0 Å². The zero-order chi connectivity index (χ0) is 15.6. The minimum absolute atomic E-state index is 0.0166. The average molecular weight is 291 g/mol. The molecule has 1 aromatic rings. The van der Waals surface area contributed by atoms with Gasteiger partial charge < -0.3 is 9.47 Å². The van der Waals surface area contributed by atoms with Crippen molar-refractivity contribution in [1.29, 1.82) is 0 Å². The van der Waals surface area contributed by atoms with Gasteiger partial charge in [-0.15, -0.1) is 10.2 Å². The van der Waals surface area contributed by atoms with E-state index in [4.69, 9.17) is 9.47 Å². The zero-order valence-electron chi connectivity index (χ0n) is 11.7. The summed E-state index contributed by atoms with van der Waals surface area (Å²) in [7, 11) is 1.40. The second-order valence-electron chi connectivity index (χ2n) is 4.52. The van der Waals surface area contributed by atoms with Gasteiger partial charge in [-0.2, -0.15) is 0 Å². The Labute approximate surface area is 120 Å². The number of azo groups is 1.